The summed E-state index contributed by atoms with van der Waals surface area (Å²) in [5, 5.41) is 27.4. The Morgan fingerprint density at radius 3 is 2.19 bits per heavy atom. The number of carboxylic acids is 2. The van der Waals surface area contributed by atoms with Crippen molar-refractivity contribution in [1.82, 2.24) is 0 Å². The molecule has 0 spiro atoms. The van der Waals surface area contributed by atoms with Crippen LogP contribution in [0.4, 0.5) is 0 Å². The van der Waals surface area contributed by atoms with E-state index in [1.807, 2.05) is 0 Å². The predicted molar refractivity (Wildman–Crippen MR) is 78.8 cm³/mol. The molecule has 0 aliphatic heterocycles. The molecule has 1 rings (SSSR count). The fraction of sp³-hybridized carbons (Fsp3) is 0.500. The van der Waals surface area contributed by atoms with Crippen molar-refractivity contribution in [1.29, 1.82) is 0 Å². The van der Waals surface area contributed by atoms with E-state index in [-0.39, 0.29) is 17.2 Å². The molecular weight excluding hydrogens is 272 g/mol. The van der Waals surface area contributed by atoms with E-state index in [0.717, 1.165) is 18.4 Å². The zero-order chi connectivity index (χ0) is 16.0. The lowest BCUT2D eigenvalue weighted by Crippen LogP contribution is -2.11. The Hall–Kier alpha value is -1.88. The summed E-state index contributed by atoms with van der Waals surface area (Å²) >= 11 is 0. The molecule has 1 aromatic rings. The molecule has 0 saturated carbocycles. The van der Waals surface area contributed by atoms with Crippen LogP contribution in [0.5, 0.6) is 0 Å². The summed E-state index contributed by atoms with van der Waals surface area (Å²) in [6, 6.07) is 4.46. The van der Waals surface area contributed by atoms with Crippen LogP contribution in [0.15, 0.2) is 18.2 Å². The number of carboxylic acid groups (broad SMARTS) is 2. The second kappa shape index (κ2) is 7.78. The average Bonchev–Trinajstić information content (AvgIpc) is 2.42. The molecule has 116 valence electrons. The van der Waals surface area contributed by atoms with Gasteiger partial charge in [-0.1, -0.05) is 19.4 Å². The number of aliphatic hydroxyl groups excluding tert-OH is 1. The smallest absolute Gasteiger partial charge is 0.336 e. The van der Waals surface area contributed by atoms with E-state index in [4.69, 9.17) is 10.2 Å². The van der Waals surface area contributed by atoms with Gasteiger partial charge in [0.1, 0.15) is 0 Å². The zero-order valence-corrected chi connectivity index (χ0v) is 12.4. The van der Waals surface area contributed by atoms with Crippen molar-refractivity contribution in [3.63, 3.8) is 0 Å². The standard InChI is InChI=1S/C16H22O5/c1-3-11(5-4-10(2)17)8-12-6-7-13(15(18)19)14(9-12)16(20)21/h6-7,9-11,17H,3-5,8H2,1-2H3,(H,18,19)(H,20,21). The van der Waals surface area contributed by atoms with Gasteiger partial charge < -0.3 is 15.3 Å². The molecule has 0 saturated heterocycles. The second-order valence-electron chi connectivity index (χ2n) is 5.40. The monoisotopic (exact) mass is 294 g/mol. The lowest BCUT2D eigenvalue weighted by Gasteiger charge is -2.16. The summed E-state index contributed by atoms with van der Waals surface area (Å²) in [4.78, 5) is 22.2. The molecule has 0 radical (unpaired) electrons. The number of rotatable bonds is 8. The Morgan fingerprint density at radius 2 is 1.71 bits per heavy atom. The summed E-state index contributed by atoms with van der Waals surface area (Å²) in [5.74, 6) is -2.12. The van der Waals surface area contributed by atoms with E-state index in [0.29, 0.717) is 18.8 Å². The number of benzene rings is 1. The van der Waals surface area contributed by atoms with Crippen LogP contribution in [0, 0.1) is 5.92 Å². The van der Waals surface area contributed by atoms with E-state index in [9.17, 15) is 14.7 Å². The molecule has 5 heteroatoms. The minimum atomic E-state index is -1.24. The molecule has 5 nitrogen and oxygen atoms in total. The molecule has 3 N–H and O–H groups in total. The third-order valence-corrected chi connectivity index (χ3v) is 3.64. The van der Waals surface area contributed by atoms with E-state index in [1.54, 1.807) is 13.0 Å². The van der Waals surface area contributed by atoms with Gasteiger partial charge in [-0.2, -0.15) is 0 Å². The van der Waals surface area contributed by atoms with Crippen molar-refractivity contribution in [2.75, 3.05) is 0 Å². The fourth-order valence-electron chi connectivity index (χ4n) is 2.34. The van der Waals surface area contributed by atoms with Gasteiger partial charge in [0.05, 0.1) is 17.2 Å². The first kappa shape index (κ1) is 17.2. The maximum atomic E-state index is 11.2. The first-order chi connectivity index (χ1) is 9.85. The Morgan fingerprint density at radius 1 is 1.10 bits per heavy atom. The second-order valence-corrected chi connectivity index (χ2v) is 5.40. The van der Waals surface area contributed by atoms with Crippen LogP contribution >= 0.6 is 0 Å². The first-order valence-corrected chi connectivity index (χ1v) is 7.12. The van der Waals surface area contributed by atoms with Gasteiger partial charge in [0.25, 0.3) is 0 Å². The van der Waals surface area contributed by atoms with E-state index < -0.39 is 11.9 Å². The number of hydrogen-bond donors (Lipinski definition) is 3. The quantitative estimate of drug-likeness (QED) is 0.685. The molecule has 2 unspecified atom stereocenters. The topological polar surface area (TPSA) is 94.8 Å². The largest absolute Gasteiger partial charge is 0.478 e. The van der Waals surface area contributed by atoms with Gasteiger partial charge in [0.15, 0.2) is 0 Å². The molecule has 2 atom stereocenters. The highest BCUT2D eigenvalue weighted by Crippen LogP contribution is 2.21. The zero-order valence-electron chi connectivity index (χ0n) is 12.4. The molecule has 0 aliphatic carbocycles. The van der Waals surface area contributed by atoms with Crippen LogP contribution in [0.1, 0.15) is 59.4 Å². The Balaban J connectivity index is 2.90. The molecule has 0 aliphatic rings. The SMILES string of the molecule is CCC(CCC(C)O)Cc1ccc(C(=O)O)c(C(=O)O)c1. The van der Waals surface area contributed by atoms with Gasteiger partial charge in [0.2, 0.25) is 0 Å². The molecule has 0 aromatic heterocycles. The molecule has 0 amide bonds. The maximum Gasteiger partial charge on any atom is 0.336 e. The van der Waals surface area contributed by atoms with Crippen LogP contribution in [0.3, 0.4) is 0 Å². The van der Waals surface area contributed by atoms with Crippen LogP contribution < -0.4 is 0 Å². The summed E-state index contributed by atoms with van der Waals surface area (Å²) in [7, 11) is 0. The van der Waals surface area contributed by atoms with Crippen molar-refractivity contribution >= 4 is 11.9 Å². The van der Waals surface area contributed by atoms with Gasteiger partial charge in [-0.3, -0.25) is 0 Å². The highest BCUT2D eigenvalue weighted by molar-refractivity contribution is 6.01. The van der Waals surface area contributed by atoms with Gasteiger partial charge in [-0.15, -0.1) is 0 Å². The number of hydrogen-bond acceptors (Lipinski definition) is 3. The Kier molecular flexibility index (Phi) is 6.37. The van der Waals surface area contributed by atoms with Crippen molar-refractivity contribution in [2.45, 2.75) is 45.6 Å². The third kappa shape index (κ3) is 5.19. The van der Waals surface area contributed by atoms with Gasteiger partial charge in [-0.05, 0) is 49.8 Å². The van der Waals surface area contributed by atoms with Crippen LogP contribution in [-0.4, -0.2) is 33.4 Å². The van der Waals surface area contributed by atoms with Gasteiger partial charge in [-0.25, -0.2) is 9.59 Å². The lowest BCUT2D eigenvalue weighted by atomic mass is 9.90. The predicted octanol–water partition coefficient (Wildman–Crippen LogP) is 2.81. The minimum Gasteiger partial charge on any atom is -0.478 e. The number of aromatic carboxylic acids is 2. The molecule has 0 fully saturated rings. The Bertz CT molecular complexity index is 507. The third-order valence-electron chi connectivity index (χ3n) is 3.64. The van der Waals surface area contributed by atoms with Gasteiger partial charge >= 0.3 is 11.9 Å². The van der Waals surface area contributed by atoms with E-state index >= 15 is 0 Å². The van der Waals surface area contributed by atoms with Crippen LogP contribution in [-0.2, 0) is 6.42 Å². The van der Waals surface area contributed by atoms with Crippen molar-refractivity contribution in [3.8, 4) is 0 Å². The summed E-state index contributed by atoms with van der Waals surface area (Å²) in [6.07, 6.45) is 2.83. The number of aliphatic hydroxyl groups is 1. The molecular formula is C16H22O5. The minimum absolute atomic E-state index is 0.176. The molecule has 1 aromatic carbocycles. The van der Waals surface area contributed by atoms with E-state index in [2.05, 4.69) is 6.92 Å². The summed E-state index contributed by atoms with van der Waals surface area (Å²) in [6.45, 7) is 3.80. The molecule has 0 bridgehead atoms. The van der Waals surface area contributed by atoms with E-state index in [1.165, 1.54) is 12.1 Å². The first-order valence-electron chi connectivity index (χ1n) is 7.12. The van der Waals surface area contributed by atoms with Crippen molar-refractivity contribution in [3.05, 3.63) is 34.9 Å². The number of carbonyl (C=O) groups is 2. The van der Waals surface area contributed by atoms with Gasteiger partial charge in [0, 0.05) is 0 Å². The van der Waals surface area contributed by atoms with Crippen molar-refractivity contribution in [2.24, 2.45) is 5.92 Å². The normalized spacial score (nSPS) is 13.7. The lowest BCUT2D eigenvalue weighted by molar-refractivity contribution is 0.0651. The fourth-order valence-corrected chi connectivity index (χ4v) is 2.34. The highest BCUT2D eigenvalue weighted by atomic mass is 16.4. The molecule has 21 heavy (non-hydrogen) atoms. The average molecular weight is 294 g/mol. The van der Waals surface area contributed by atoms with Crippen LogP contribution in [0.25, 0.3) is 0 Å². The van der Waals surface area contributed by atoms with Crippen LogP contribution in [0.2, 0.25) is 0 Å². The summed E-state index contributed by atoms with van der Waals surface area (Å²) < 4.78 is 0. The summed E-state index contributed by atoms with van der Waals surface area (Å²) in [5.41, 5.74) is 0.448. The van der Waals surface area contributed by atoms with Crippen molar-refractivity contribution < 1.29 is 24.9 Å². The molecule has 0 heterocycles. The highest BCUT2D eigenvalue weighted by Gasteiger charge is 2.17. The Labute approximate surface area is 124 Å². The maximum absolute atomic E-state index is 11.2.